The van der Waals surface area contributed by atoms with Gasteiger partial charge in [0.05, 0.1) is 0 Å². The van der Waals surface area contributed by atoms with Crippen LogP contribution in [-0.4, -0.2) is 5.88 Å². The number of rotatable bonds is 6. The summed E-state index contributed by atoms with van der Waals surface area (Å²) in [5.74, 6) is 0.752. The molecule has 0 aliphatic heterocycles. The summed E-state index contributed by atoms with van der Waals surface area (Å²) in [5.41, 5.74) is 2.68. The molecule has 0 amide bonds. The molecule has 0 aromatic heterocycles. The molecule has 94 valence electrons. The topological polar surface area (TPSA) is 0 Å². The highest BCUT2D eigenvalue weighted by atomic mass is 35.5. The predicted molar refractivity (Wildman–Crippen MR) is 81.4 cm³/mol. The van der Waals surface area contributed by atoms with Crippen molar-refractivity contribution in [3.8, 4) is 0 Å². The van der Waals surface area contributed by atoms with E-state index in [9.17, 15) is 0 Å². The lowest BCUT2D eigenvalue weighted by atomic mass is 9.97. The van der Waals surface area contributed by atoms with Crippen LogP contribution in [0.3, 0.4) is 0 Å². The summed E-state index contributed by atoms with van der Waals surface area (Å²) < 4.78 is 0. The number of halogens is 1. The Kier molecular flexibility index (Phi) is 4.83. The van der Waals surface area contributed by atoms with Gasteiger partial charge in [-0.25, -0.2) is 0 Å². The lowest BCUT2D eigenvalue weighted by Crippen LogP contribution is -1.92. The quantitative estimate of drug-likeness (QED) is 0.372. The zero-order valence-electron chi connectivity index (χ0n) is 10.7. The first-order valence-corrected chi connectivity index (χ1v) is 7.04. The van der Waals surface area contributed by atoms with E-state index >= 15 is 0 Å². The van der Waals surface area contributed by atoms with Gasteiger partial charge in [-0.05, 0) is 42.0 Å². The van der Waals surface area contributed by atoms with Crippen molar-refractivity contribution in [1.29, 1.82) is 0 Å². The second kappa shape index (κ2) is 6.61. The first-order chi connectivity index (χ1) is 8.81. The van der Waals surface area contributed by atoms with E-state index in [0.29, 0.717) is 0 Å². The van der Waals surface area contributed by atoms with Gasteiger partial charge in [-0.3, -0.25) is 0 Å². The largest absolute Gasteiger partial charge is 0.127 e. The van der Waals surface area contributed by atoms with E-state index in [1.165, 1.54) is 21.9 Å². The van der Waals surface area contributed by atoms with Gasteiger partial charge in [0.15, 0.2) is 0 Å². The van der Waals surface area contributed by atoms with E-state index in [-0.39, 0.29) is 0 Å². The monoisotopic (exact) mass is 258 g/mol. The van der Waals surface area contributed by atoms with Gasteiger partial charge in [0.1, 0.15) is 0 Å². The summed E-state index contributed by atoms with van der Waals surface area (Å²) in [6.45, 7) is 4.19. The van der Waals surface area contributed by atoms with Crippen LogP contribution in [0.5, 0.6) is 0 Å². The summed E-state index contributed by atoms with van der Waals surface area (Å²) >= 11 is 5.69. The molecule has 0 radical (unpaired) electrons. The first kappa shape index (κ1) is 13.2. The van der Waals surface area contributed by atoms with Crippen LogP contribution in [0.15, 0.2) is 54.6 Å². The van der Waals surface area contributed by atoms with Gasteiger partial charge in [-0.1, -0.05) is 54.6 Å². The second-order valence-electron chi connectivity index (χ2n) is 4.71. The Labute approximate surface area is 114 Å². The van der Waals surface area contributed by atoms with Crippen LogP contribution in [-0.2, 0) is 6.42 Å². The average Bonchev–Trinajstić information content (AvgIpc) is 2.39. The summed E-state index contributed by atoms with van der Waals surface area (Å²) in [5, 5.41) is 2.65. The standard InChI is InChI=1S/C17H19Cl/c1-14(7-4-5-12-18)13-16-10-6-9-15-8-2-3-11-17(15)16/h2-3,6,8-11H,1,4-5,7,12-13H2. The molecular formula is C17H19Cl. The van der Waals surface area contributed by atoms with Gasteiger partial charge in [-0.15, -0.1) is 11.6 Å². The van der Waals surface area contributed by atoms with E-state index < -0.39 is 0 Å². The number of alkyl halides is 1. The third-order valence-corrected chi connectivity index (χ3v) is 3.50. The van der Waals surface area contributed by atoms with Crippen molar-refractivity contribution in [3.05, 3.63) is 60.2 Å². The number of fused-ring (bicyclic) bond motifs is 1. The van der Waals surface area contributed by atoms with Crippen LogP contribution < -0.4 is 0 Å². The molecule has 0 aliphatic carbocycles. The summed E-state index contributed by atoms with van der Waals surface area (Å²) in [6, 6.07) is 15.0. The molecule has 0 fully saturated rings. The SMILES string of the molecule is C=C(CCCCCl)Cc1cccc2ccccc12. The molecule has 0 N–H and O–H groups in total. The highest BCUT2D eigenvalue weighted by molar-refractivity contribution is 6.17. The maximum Gasteiger partial charge on any atom is 0.0223 e. The molecule has 18 heavy (non-hydrogen) atoms. The zero-order valence-corrected chi connectivity index (χ0v) is 11.4. The number of hydrogen-bond donors (Lipinski definition) is 0. The van der Waals surface area contributed by atoms with Crippen molar-refractivity contribution in [3.63, 3.8) is 0 Å². The molecule has 0 saturated heterocycles. The van der Waals surface area contributed by atoms with E-state index in [4.69, 9.17) is 11.6 Å². The molecule has 0 heterocycles. The molecule has 0 atom stereocenters. The average molecular weight is 259 g/mol. The van der Waals surface area contributed by atoms with Crippen molar-refractivity contribution in [2.45, 2.75) is 25.7 Å². The van der Waals surface area contributed by atoms with Gasteiger partial charge in [0, 0.05) is 5.88 Å². The van der Waals surface area contributed by atoms with Crippen LogP contribution in [0.2, 0.25) is 0 Å². The van der Waals surface area contributed by atoms with Crippen LogP contribution in [0.25, 0.3) is 10.8 Å². The van der Waals surface area contributed by atoms with E-state index in [2.05, 4.69) is 49.0 Å². The summed E-state index contributed by atoms with van der Waals surface area (Å²) in [6.07, 6.45) is 4.28. The summed E-state index contributed by atoms with van der Waals surface area (Å²) in [7, 11) is 0. The Hall–Kier alpha value is -1.27. The molecule has 0 aliphatic rings. The van der Waals surface area contributed by atoms with Crippen LogP contribution in [0.4, 0.5) is 0 Å². The fraction of sp³-hybridized carbons (Fsp3) is 0.294. The maximum atomic E-state index is 5.69. The molecule has 2 rings (SSSR count). The molecule has 0 bridgehead atoms. The van der Waals surface area contributed by atoms with Crippen molar-refractivity contribution in [2.24, 2.45) is 0 Å². The smallest absolute Gasteiger partial charge is 0.0223 e. The highest BCUT2D eigenvalue weighted by Crippen LogP contribution is 2.22. The van der Waals surface area contributed by atoms with Gasteiger partial charge in [0.25, 0.3) is 0 Å². The van der Waals surface area contributed by atoms with E-state index in [0.717, 1.165) is 31.6 Å². The Bertz CT molecular complexity index is 523. The third-order valence-electron chi connectivity index (χ3n) is 3.23. The first-order valence-electron chi connectivity index (χ1n) is 6.50. The van der Waals surface area contributed by atoms with Crippen molar-refractivity contribution >= 4 is 22.4 Å². The number of hydrogen-bond acceptors (Lipinski definition) is 0. The normalized spacial score (nSPS) is 10.7. The van der Waals surface area contributed by atoms with E-state index in [1.807, 2.05) is 0 Å². The molecule has 0 spiro atoms. The minimum Gasteiger partial charge on any atom is -0.127 e. The predicted octanol–water partition coefficient (Wildman–Crippen LogP) is 5.35. The molecule has 1 heteroatoms. The third kappa shape index (κ3) is 3.36. The fourth-order valence-corrected chi connectivity index (χ4v) is 2.46. The maximum absolute atomic E-state index is 5.69. The van der Waals surface area contributed by atoms with Crippen molar-refractivity contribution in [2.75, 3.05) is 5.88 Å². The minimum atomic E-state index is 0.752. The van der Waals surface area contributed by atoms with Gasteiger partial charge in [-0.2, -0.15) is 0 Å². The molecule has 2 aromatic carbocycles. The fourth-order valence-electron chi connectivity index (χ4n) is 2.27. The molecular weight excluding hydrogens is 240 g/mol. The lowest BCUT2D eigenvalue weighted by molar-refractivity contribution is 0.779. The van der Waals surface area contributed by atoms with Gasteiger partial charge >= 0.3 is 0 Å². The van der Waals surface area contributed by atoms with Crippen LogP contribution in [0.1, 0.15) is 24.8 Å². The Morgan fingerprint density at radius 3 is 2.61 bits per heavy atom. The highest BCUT2D eigenvalue weighted by Gasteiger charge is 2.02. The number of unbranched alkanes of at least 4 members (excludes halogenated alkanes) is 1. The summed E-state index contributed by atoms with van der Waals surface area (Å²) in [4.78, 5) is 0. The Morgan fingerprint density at radius 2 is 1.78 bits per heavy atom. The van der Waals surface area contributed by atoms with Crippen LogP contribution >= 0.6 is 11.6 Å². The molecule has 2 aromatic rings. The molecule has 0 saturated carbocycles. The lowest BCUT2D eigenvalue weighted by Gasteiger charge is -2.08. The number of benzene rings is 2. The minimum absolute atomic E-state index is 0.752. The second-order valence-corrected chi connectivity index (χ2v) is 5.09. The Balaban J connectivity index is 2.09. The van der Waals surface area contributed by atoms with Crippen molar-refractivity contribution < 1.29 is 0 Å². The van der Waals surface area contributed by atoms with Gasteiger partial charge in [0.2, 0.25) is 0 Å². The zero-order chi connectivity index (χ0) is 12.8. The van der Waals surface area contributed by atoms with Crippen molar-refractivity contribution in [1.82, 2.24) is 0 Å². The van der Waals surface area contributed by atoms with E-state index in [1.54, 1.807) is 0 Å². The van der Waals surface area contributed by atoms with Crippen LogP contribution in [0, 0.1) is 0 Å². The molecule has 0 unspecified atom stereocenters. The van der Waals surface area contributed by atoms with Gasteiger partial charge < -0.3 is 0 Å². The Morgan fingerprint density at radius 1 is 1.00 bits per heavy atom. The number of allylic oxidation sites excluding steroid dienone is 1. The molecule has 0 nitrogen and oxygen atoms in total.